The van der Waals surface area contributed by atoms with Crippen LogP contribution in [0.1, 0.15) is 89.6 Å². The van der Waals surface area contributed by atoms with Crippen molar-refractivity contribution in [3.8, 4) is 0 Å². The number of ether oxygens (including phenoxy) is 2. The molecule has 2 aromatic carbocycles. The van der Waals surface area contributed by atoms with Gasteiger partial charge in [0.05, 0.1) is 0 Å². The normalized spacial score (nSPS) is 13.0. The van der Waals surface area contributed by atoms with E-state index in [9.17, 15) is 19.2 Å². The second-order valence-electron chi connectivity index (χ2n) is 12.8. The molecule has 2 rings (SSSR count). The molecule has 2 unspecified atom stereocenters. The second-order valence-corrected chi connectivity index (χ2v) is 12.8. The van der Waals surface area contributed by atoms with Crippen LogP contribution >= 0.6 is 0 Å². The van der Waals surface area contributed by atoms with E-state index in [1.807, 2.05) is 69.3 Å². The van der Waals surface area contributed by atoms with Crippen molar-refractivity contribution in [2.45, 2.75) is 105 Å². The Morgan fingerprint density at radius 1 is 0.860 bits per heavy atom. The first kappa shape index (κ1) is 35.3. The third kappa shape index (κ3) is 11.7. The van der Waals surface area contributed by atoms with E-state index in [4.69, 9.17) is 9.47 Å². The number of benzene rings is 2. The highest BCUT2D eigenvalue weighted by atomic mass is 16.6. The third-order valence-electron chi connectivity index (χ3n) is 6.65. The second kappa shape index (κ2) is 15.5. The smallest absolute Gasteiger partial charge is 0.408 e. The Kier molecular flexibility index (Phi) is 12.8. The molecular formula is C34H49N3O6. The molecule has 0 aromatic heterocycles. The molecule has 0 radical (unpaired) electrons. The van der Waals surface area contributed by atoms with E-state index < -0.39 is 47.2 Å². The number of hydrogen-bond acceptors (Lipinski definition) is 6. The average Bonchev–Trinajstić information content (AvgIpc) is 2.90. The van der Waals surface area contributed by atoms with Gasteiger partial charge in [-0.25, -0.2) is 9.59 Å². The SMILES string of the molecule is CCCCN(C(=O)CNC(=O)OC(C)(C)C)C(C(=O)NC(Cc1ccccc1)C(=O)OC(C)(C)C)c1cccc(C)c1C. The van der Waals surface area contributed by atoms with E-state index in [1.165, 1.54) is 4.90 Å². The molecule has 236 valence electrons. The predicted octanol–water partition coefficient (Wildman–Crippen LogP) is 5.57. The van der Waals surface area contributed by atoms with Crippen LogP contribution < -0.4 is 10.6 Å². The lowest BCUT2D eigenvalue weighted by Gasteiger charge is -2.34. The van der Waals surface area contributed by atoms with E-state index in [0.29, 0.717) is 12.0 Å². The molecule has 0 aliphatic heterocycles. The maximum Gasteiger partial charge on any atom is 0.408 e. The van der Waals surface area contributed by atoms with E-state index in [0.717, 1.165) is 23.1 Å². The molecule has 43 heavy (non-hydrogen) atoms. The van der Waals surface area contributed by atoms with Crippen molar-refractivity contribution in [1.29, 1.82) is 0 Å². The molecule has 0 aliphatic carbocycles. The number of carbonyl (C=O) groups is 4. The van der Waals surface area contributed by atoms with Gasteiger partial charge in [0.15, 0.2) is 0 Å². The maximum absolute atomic E-state index is 14.3. The molecule has 2 aromatic rings. The van der Waals surface area contributed by atoms with Gasteiger partial charge in [0.25, 0.3) is 0 Å². The number of rotatable bonds is 12. The lowest BCUT2D eigenvalue weighted by atomic mass is 9.94. The van der Waals surface area contributed by atoms with Crippen LogP contribution in [0.2, 0.25) is 0 Å². The van der Waals surface area contributed by atoms with Gasteiger partial charge in [-0.1, -0.05) is 61.9 Å². The van der Waals surface area contributed by atoms with Gasteiger partial charge in [0.2, 0.25) is 11.8 Å². The molecule has 0 spiro atoms. The molecule has 0 heterocycles. The first-order valence-electron chi connectivity index (χ1n) is 14.9. The van der Waals surface area contributed by atoms with Crippen LogP contribution in [0.3, 0.4) is 0 Å². The molecule has 2 N–H and O–H groups in total. The number of unbranched alkanes of at least 4 members (excludes halogenated alkanes) is 1. The summed E-state index contributed by atoms with van der Waals surface area (Å²) < 4.78 is 11.0. The summed E-state index contributed by atoms with van der Waals surface area (Å²) in [6.07, 6.45) is 0.895. The van der Waals surface area contributed by atoms with Gasteiger partial charge in [0, 0.05) is 13.0 Å². The van der Waals surface area contributed by atoms with Crippen molar-refractivity contribution in [2.24, 2.45) is 0 Å². The number of amides is 3. The topological polar surface area (TPSA) is 114 Å². The van der Waals surface area contributed by atoms with Gasteiger partial charge in [-0.3, -0.25) is 9.59 Å². The van der Waals surface area contributed by atoms with Crippen LogP contribution in [-0.2, 0) is 30.3 Å². The minimum Gasteiger partial charge on any atom is -0.458 e. The van der Waals surface area contributed by atoms with E-state index in [1.54, 1.807) is 41.5 Å². The van der Waals surface area contributed by atoms with Crippen molar-refractivity contribution in [1.82, 2.24) is 15.5 Å². The minimum atomic E-state index is -1.06. The summed E-state index contributed by atoms with van der Waals surface area (Å²) in [5.74, 6) is -1.53. The van der Waals surface area contributed by atoms with Crippen LogP contribution in [0, 0.1) is 13.8 Å². The molecule has 0 aliphatic rings. The Balaban J connectivity index is 2.51. The molecular weight excluding hydrogens is 546 g/mol. The number of alkyl carbamates (subject to hydrolysis) is 1. The summed E-state index contributed by atoms with van der Waals surface area (Å²) in [7, 11) is 0. The molecule has 9 nitrogen and oxygen atoms in total. The number of aryl methyl sites for hydroxylation is 1. The molecule has 2 atom stereocenters. The van der Waals surface area contributed by atoms with E-state index in [2.05, 4.69) is 10.6 Å². The first-order chi connectivity index (χ1) is 20.0. The fraction of sp³-hybridized carbons (Fsp3) is 0.529. The van der Waals surface area contributed by atoms with E-state index >= 15 is 0 Å². The van der Waals surface area contributed by atoms with Gasteiger partial charge in [-0.05, 0) is 84.1 Å². The van der Waals surface area contributed by atoms with Gasteiger partial charge in [-0.15, -0.1) is 0 Å². The fourth-order valence-corrected chi connectivity index (χ4v) is 4.48. The minimum absolute atomic E-state index is 0.212. The Morgan fingerprint density at radius 2 is 1.49 bits per heavy atom. The van der Waals surface area contributed by atoms with Gasteiger partial charge in [0.1, 0.15) is 29.8 Å². The average molecular weight is 596 g/mol. The predicted molar refractivity (Wildman–Crippen MR) is 167 cm³/mol. The van der Waals surface area contributed by atoms with Crippen molar-refractivity contribution in [2.75, 3.05) is 13.1 Å². The Morgan fingerprint density at radius 3 is 2.07 bits per heavy atom. The lowest BCUT2D eigenvalue weighted by Crippen LogP contribution is -2.52. The van der Waals surface area contributed by atoms with Crippen LogP contribution in [0.4, 0.5) is 4.79 Å². The monoisotopic (exact) mass is 595 g/mol. The number of carbonyl (C=O) groups excluding carboxylic acids is 4. The Bertz CT molecular complexity index is 1250. The summed E-state index contributed by atoms with van der Waals surface area (Å²) in [5.41, 5.74) is 1.81. The van der Waals surface area contributed by atoms with E-state index in [-0.39, 0.29) is 19.5 Å². The molecule has 9 heteroatoms. The zero-order valence-electron chi connectivity index (χ0n) is 27.2. The van der Waals surface area contributed by atoms with Crippen molar-refractivity contribution < 1.29 is 28.7 Å². The van der Waals surface area contributed by atoms with Gasteiger partial charge < -0.3 is 25.0 Å². The number of esters is 1. The zero-order valence-corrected chi connectivity index (χ0v) is 27.2. The van der Waals surface area contributed by atoms with Crippen LogP contribution in [0.15, 0.2) is 48.5 Å². The largest absolute Gasteiger partial charge is 0.458 e. The maximum atomic E-state index is 14.3. The summed E-state index contributed by atoms with van der Waals surface area (Å²) >= 11 is 0. The number of hydrogen-bond donors (Lipinski definition) is 2. The summed E-state index contributed by atoms with van der Waals surface area (Å²) in [4.78, 5) is 55.2. The molecule has 0 bridgehead atoms. The van der Waals surface area contributed by atoms with Crippen LogP contribution in [0.5, 0.6) is 0 Å². The Labute approximate surface area is 256 Å². The summed E-state index contributed by atoms with van der Waals surface area (Å²) in [6.45, 7) is 16.3. The highest BCUT2D eigenvalue weighted by Gasteiger charge is 2.36. The fourth-order valence-electron chi connectivity index (χ4n) is 4.48. The Hall–Kier alpha value is -3.88. The number of nitrogens with zero attached hydrogens (tertiary/aromatic N) is 1. The molecule has 0 saturated heterocycles. The molecule has 0 fully saturated rings. The third-order valence-corrected chi connectivity index (χ3v) is 6.65. The van der Waals surface area contributed by atoms with Gasteiger partial charge >= 0.3 is 12.1 Å². The zero-order chi connectivity index (χ0) is 32.4. The highest BCUT2D eigenvalue weighted by molar-refractivity contribution is 5.93. The van der Waals surface area contributed by atoms with Crippen molar-refractivity contribution >= 4 is 23.9 Å². The summed E-state index contributed by atoms with van der Waals surface area (Å²) in [6, 6.07) is 12.9. The highest BCUT2D eigenvalue weighted by Crippen LogP contribution is 2.28. The number of nitrogens with one attached hydrogen (secondary N) is 2. The molecule has 3 amide bonds. The van der Waals surface area contributed by atoms with Crippen molar-refractivity contribution in [3.05, 3.63) is 70.8 Å². The van der Waals surface area contributed by atoms with Crippen molar-refractivity contribution in [3.63, 3.8) is 0 Å². The first-order valence-corrected chi connectivity index (χ1v) is 14.9. The lowest BCUT2D eigenvalue weighted by molar-refractivity contribution is -0.159. The quantitative estimate of drug-likeness (QED) is 0.310. The summed E-state index contributed by atoms with van der Waals surface area (Å²) in [5, 5.41) is 5.45. The van der Waals surface area contributed by atoms with Crippen LogP contribution in [0.25, 0.3) is 0 Å². The standard InChI is InChI=1S/C34H49N3O6/c1-10-11-20-37(28(38)22-35-32(41)43-34(7,8)9)29(26-19-15-16-23(2)24(26)3)30(39)36-27(31(40)42-33(4,5)6)21-25-17-13-12-14-18-25/h12-19,27,29H,10-11,20-22H2,1-9H3,(H,35,41)(H,36,39). The van der Waals surface area contributed by atoms with Crippen LogP contribution in [-0.4, -0.2) is 59.1 Å². The molecule has 0 saturated carbocycles. The van der Waals surface area contributed by atoms with Gasteiger partial charge in [-0.2, -0.15) is 0 Å².